The summed E-state index contributed by atoms with van der Waals surface area (Å²) in [5.41, 5.74) is 1.01. The van der Waals surface area contributed by atoms with Crippen LogP contribution in [0.3, 0.4) is 0 Å². The number of piperidine rings is 1. The summed E-state index contributed by atoms with van der Waals surface area (Å²) in [7, 11) is -3.46. The molecule has 0 spiro atoms. The average Bonchev–Trinajstić information content (AvgIpc) is 2.85. The van der Waals surface area contributed by atoms with E-state index < -0.39 is 10.0 Å². The Bertz CT molecular complexity index is 651. The molecule has 1 saturated heterocycles. The fourth-order valence-corrected chi connectivity index (χ4v) is 4.38. The van der Waals surface area contributed by atoms with Crippen LogP contribution in [0.15, 0.2) is 23.1 Å². The maximum atomic E-state index is 12.5. The quantitative estimate of drug-likeness (QED) is 0.884. The van der Waals surface area contributed by atoms with E-state index >= 15 is 0 Å². The third-order valence-electron chi connectivity index (χ3n) is 4.68. The second-order valence-electron chi connectivity index (χ2n) is 6.79. The van der Waals surface area contributed by atoms with E-state index in [0.29, 0.717) is 11.4 Å². The Morgan fingerprint density at radius 1 is 1.36 bits per heavy atom. The predicted octanol–water partition coefficient (Wildman–Crippen LogP) is 1.68. The minimum absolute atomic E-state index is 0.0344. The van der Waals surface area contributed by atoms with Gasteiger partial charge < -0.3 is 10.1 Å². The number of fused-ring (bicyclic) bond motifs is 1. The van der Waals surface area contributed by atoms with Crippen molar-refractivity contribution in [2.45, 2.75) is 44.1 Å². The van der Waals surface area contributed by atoms with Crippen molar-refractivity contribution < 1.29 is 13.2 Å². The van der Waals surface area contributed by atoms with Gasteiger partial charge in [-0.2, -0.15) is 0 Å². The first-order valence-corrected chi connectivity index (χ1v) is 9.36. The van der Waals surface area contributed by atoms with Crippen molar-refractivity contribution in [2.75, 3.05) is 19.6 Å². The van der Waals surface area contributed by atoms with E-state index in [1.165, 1.54) is 0 Å². The summed E-state index contributed by atoms with van der Waals surface area (Å²) in [6, 6.07) is 5.13. The molecule has 1 aromatic carbocycles. The van der Waals surface area contributed by atoms with E-state index in [1.807, 2.05) is 6.92 Å². The Kier molecular flexibility index (Phi) is 4.18. The van der Waals surface area contributed by atoms with Gasteiger partial charge in [0.15, 0.2) is 0 Å². The van der Waals surface area contributed by atoms with Gasteiger partial charge in [-0.25, -0.2) is 13.1 Å². The van der Waals surface area contributed by atoms with Gasteiger partial charge in [-0.05, 0) is 62.0 Å². The smallest absolute Gasteiger partial charge is 0.240 e. The lowest BCUT2D eigenvalue weighted by Gasteiger charge is -2.34. The molecule has 122 valence electrons. The zero-order valence-electron chi connectivity index (χ0n) is 13.2. The highest BCUT2D eigenvalue weighted by Gasteiger charge is 2.29. The molecule has 1 aromatic rings. The normalized spacial score (nSPS) is 23.8. The molecule has 3 rings (SSSR count). The summed E-state index contributed by atoms with van der Waals surface area (Å²) in [4.78, 5) is 0.335. The molecule has 6 heteroatoms. The molecule has 1 unspecified atom stereocenters. The lowest BCUT2D eigenvalue weighted by atomic mass is 9.81. The molecular formula is C16H24N2O3S. The van der Waals surface area contributed by atoms with Gasteiger partial charge in [0.1, 0.15) is 11.9 Å². The van der Waals surface area contributed by atoms with Crippen molar-refractivity contribution in [3.05, 3.63) is 23.8 Å². The Morgan fingerprint density at radius 2 is 2.09 bits per heavy atom. The molecule has 0 bridgehead atoms. The third kappa shape index (κ3) is 3.29. The molecule has 1 atom stereocenters. The number of rotatable bonds is 4. The lowest BCUT2D eigenvalue weighted by Crippen LogP contribution is -2.42. The maximum absolute atomic E-state index is 12.5. The number of nitrogens with one attached hydrogen (secondary N) is 2. The summed E-state index contributed by atoms with van der Waals surface area (Å²) in [6.07, 6.45) is 2.87. The van der Waals surface area contributed by atoms with Gasteiger partial charge in [0.05, 0.1) is 4.90 Å². The maximum Gasteiger partial charge on any atom is 0.240 e. The molecule has 0 aromatic heterocycles. The van der Waals surface area contributed by atoms with E-state index in [0.717, 1.165) is 43.7 Å². The van der Waals surface area contributed by atoms with E-state index in [4.69, 9.17) is 4.74 Å². The SMILES string of the molecule is CC1Cc2cc(S(=O)(=O)NCC3(C)CCNCC3)ccc2O1. The van der Waals surface area contributed by atoms with Gasteiger partial charge in [-0.1, -0.05) is 6.92 Å². The number of benzene rings is 1. The highest BCUT2D eigenvalue weighted by molar-refractivity contribution is 7.89. The molecule has 0 amide bonds. The predicted molar refractivity (Wildman–Crippen MR) is 85.6 cm³/mol. The minimum atomic E-state index is -3.46. The molecule has 0 radical (unpaired) electrons. The first kappa shape index (κ1) is 15.8. The number of hydrogen-bond donors (Lipinski definition) is 2. The molecule has 1 fully saturated rings. The fraction of sp³-hybridized carbons (Fsp3) is 0.625. The van der Waals surface area contributed by atoms with Crippen LogP contribution in [0.2, 0.25) is 0 Å². The lowest BCUT2D eigenvalue weighted by molar-refractivity contribution is 0.232. The van der Waals surface area contributed by atoms with Crippen LogP contribution in [0.5, 0.6) is 5.75 Å². The van der Waals surface area contributed by atoms with Crippen LogP contribution in [-0.4, -0.2) is 34.2 Å². The number of hydrogen-bond acceptors (Lipinski definition) is 4. The van der Waals surface area contributed by atoms with Gasteiger partial charge in [-0.3, -0.25) is 0 Å². The molecule has 2 heterocycles. The number of sulfonamides is 1. The Morgan fingerprint density at radius 3 is 2.82 bits per heavy atom. The molecule has 5 nitrogen and oxygen atoms in total. The van der Waals surface area contributed by atoms with Gasteiger partial charge in [0, 0.05) is 13.0 Å². The van der Waals surface area contributed by atoms with E-state index in [9.17, 15) is 8.42 Å². The Labute approximate surface area is 132 Å². The van der Waals surface area contributed by atoms with Crippen LogP contribution in [0.25, 0.3) is 0 Å². The first-order valence-electron chi connectivity index (χ1n) is 7.88. The highest BCUT2D eigenvalue weighted by atomic mass is 32.2. The number of ether oxygens (including phenoxy) is 1. The second-order valence-corrected chi connectivity index (χ2v) is 8.55. The Hall–Kier alpha value is -1.11. The van der Waals surface area contributed by atoms with Gasteiger partial charge in [-0.15, -0.1) is 0 Å². The van der Waals surface area contributed by atoms with E-state index in [1.54, 1.807) is 18.2 Å². The minimum Gasteiger partial charge on any atom is -0.490 e. The van der Waals surface area contributed by atoms with Crippen molar-refractivity contribution in [2.24, 2.45) is 5.41 Å². The molecule has 0 saturated carbocycles. The third-order valence-corrected chi connectivity index (χ3v) is 6.08. The van der Waals surface area contributed by atoms with Crippen LogP contribution in [-0.2, 0) is 16.4 Å². The summed E-state index contributed by atoms with van der Waals surface area (Å²) >= 11 is 0. The van der Waals surface area contributed by atoms with Crippen molar-refractivity contribution in [3.63, 3.8) is 0 Å². The molecule has 2 aliphatic heterocycles. The van der Waals surface area contributed by atoms with Gasteiger partial charge in [0.25, 0.3) is 0 Å². The molecular weight excluding hydrogens is 300 g/mol. The van der Waals surface area contributed by atoms with Crippen LogP contribution in [0, 0.1) is 5.41 Å². The van der Waals surface area contributed by atoms with Crippen molar-refractivity contribution in [1.82, 2.24) is 10.0 Å². The van der Waals surface area contributed by atoms with Crippen LogP contribution >= 0.6 is 0 Å². The second kappa shape index (κ2) is 5.83. The summed E-state index contributed by atoms with van der Waals surface area (Å²) in [5, 5.41) is 3.31. The van der Waals surface area contributed by atoms with Crippen LogP contribution in [0.1, 0.15) is 32.3 Å². The van der Waals surface area contributed by atoms with E-state index in [-0.39, 0.29) is 11.5 Å². The Balaban J connectivity index is 1.72. The van der Waals surface area contributed by atoms with Crippen molar-refractivity contribution >= 4 is 10.0 Å². The van der Waals surface area contributed by atoms with Crippen molar-refractivity contribution in [1.29, 1.82) is 0 Å². The van der Waals surface area contributed by atoms with E-state index in [2.05, 4.69) is 17.0 Å². The monoisotopic (exact) mass is 324 g/mol. The van der Waals surface area contributed by atoms with Gasteiger partial charge >= 0.3 is 0 Å². The van der Waals surface area contributed by atoms with Crippen molar-refractivity contribution in [3.8, 4) is 5.75 Å². The fourth-order valence-electron chi connectivity index (χ4n) is 3.13. The zero-order chi connectivity index (χ0) is 15.8. The van der Waals surface area contributed by atoms with Gasteiger partial charge in [0.2, 0.25) is 10.0 Å². The summed E-state index contributed by atoms with van der Waals surface area (Å²) in [6.45, 7) is 6.53. The van der Waals surface area contributed by atoms with Crippen LogP contribution < -0.4 is 14.8 Å². The highest BCUT2D eigenvalue weighted by Crippen LogP contribution is 2.31. The largest absolute Gasteiger partial charge is 0.490 e. The zero-order valence-corrected chi connectivity index (χ0v) is 14.0. The standard InChI is InChI=1S/C16H24N2O3S/c1-12-9-13-10-14(3-4-15(13)21-12)22(19,20)18-11-16(2)5-7-17-8-6-16/h3-4,10,12,17-18H,5-9,11H2,1-2H3. The molecule has 0 aliphatic carbocycles. The molecule has 22 heavy (non-hydrogen) atoms. The molecule has 2 N–H and O–H groups in total. The summed E-state index contributed by atoms with van der Waals surface area (Å²) in [5.74, 6) is 0.803. The van der Waals surface area contributed by atoms with Crippen LogP contribution in [0.4, 0.5) is 0 Å². The topological polar surface area (TPSA) is 67.4 Å². The average molecular weight is 324 g/mol. The first-order chi connectivity index (χ1) is 10.4. The summed E-state index contributed by atoms with van der Waals surface area (Å²) < 4.78 is 33.5. The molecule has 2 aliphatic rings.